The Morgan fingerprint density at radius 2 is 0.750 bits per heavy atom. The molecule has 0 N–H and O–H groups in total. The standard InChI is InChI=1S/BrH.ClH.2HI/h4*1H. The molecule has 0 spiro atoms. The van der Waals surface area contributed by atoms with Crippen LogP contribution in [-0.4, -0.2) is 0 Å². The van der Waals surface area contributed by atoms with E-state index in [1.54, 1.807) is 0 Å². The molecular formula is H4BrClI2. The van der Waals surface area contributed by atoms with E-state index < -0.39 is 0 Å². The second kappa shape index (κ2) is 18.8. The minimum absolute atomic E-state index is 0. The largest absolute Gasteiger partial charge is 0.147 e. The Kier molecular flexibility index (Phi) is 161. The lowest BCUT2D eigenvalue weighted by Gasteiger charge is -0.147. The van der Waals surface area contributed by atoms with E-state index in [1.807, 2.05) is 0 Å². The third-order valence-electron chi connectivity index (χ3n) is 0. The molecular weight excluding hydrogens is 369 g/mol. The first-order chi connectivity index (χ1) is 0. The van der Waals surface area contributed by atoms with Crippen LogP contribution in [0.15, 0.2) is 0 Å². The highest BCUT2D eigenvalue weighted by Crippen LogP contribution is 0.887. The molecule has 32 valence electrons. The van der Waals surface area contributed by atoms with Crippen molar-refractivity contribution in [1.29, 1.82) is 0 Å². The van der Waals surface area contributed by atoms with Gasteiger partial charge < -0.3 is 0 Å². The van der Waals surface area contributed by atoms with Crippen LogP contribution >= 0.6 is 77.3 Å². The molecule has 0 bridgehead atoms. The van der Waals surface area contributed by atoms with Crippen molar-refractivity contribution in [3.05, 3.63) is 0 Å². The quantitative estimate of drug-likeness (QED) is 0.572. The molecule has 0 aromatic heterocycles. The highest BCUT2D eigenvalue weighted by Gasteiger charge is -0.106. The Bertz CT molecular complexity index is 6.00. The van der Waals surface area contributed by atoms with Gasteiger partial charge in [0.1, 0.15) is 0 Å². The minimum atomic E-state index is 0. The second-order valence-electron chi connectivity index (χ2n) is 0. The Hall–Kier alpha value is 2.23. The highest BCUT2D eigenvalue weighted by atomic mass is 127. The van der Waals surface area contributed by atoms with Crippen LogP contribution < -0.4 is 0 Å². The van der Waals surface area contributed by atoms with E-state index in [9.17, 15) is 0 Å². The summed E-state index contributed by atoms with van der Waals surface area (Å²) in [6.45, 7) is 0. The fraction of sp³-hybridized carbons (Fsp3) is 0. The van der Waals surface area contributed by atoms with Gasteiger partial charge in [-0.15, -0.1) is 77.3 Å². The molecule has 4 heavy (non-hydrogen) atoms. The van der Waals surface area contributed by atoms with E-state index in [1.165, 1.54) is 0 Å². The Morgan fingerprint density at radius 1 is 0.750 bits per heavy atom. The molecule has 0 saturated carbocycles. The van der Waals surface area contributed by atoms with Gasteiger partial charge in [0.15, 0.2) is 0 Å². The zero-order valence-electron chi connectivity index (χ0n) is 1.63. The van der Waals surface area contributed by atoms with Crippen LogP contribution in [0, 0.1) is 0 Å². The summed E-state index contributed by atoms with van der Waals surface area (Å²) in [5.41, 5.74) is 0. The van der Waals surface area contributed by atoms with Crippen molar-refractivity contribution >= 4 is 77.3 Å². The van der Waals surface area contributed by atoms with Gasteiger partial charge in [0, 0.05) is 0 Å². The van der Waals surface area contributed by atoms with Gasteiger partial charge in [0.25, 0.3) is 0 Å². The van der Waals surface area contributed by atoms with Crippen LogP contribution in [0.4, 0.5) is 0 Å². The number of hydrogen-bond donors (Lipinski definition) is 0. The second-order valence-corrected chi connectivity index (χ2v) is 0. The molecule has 0 aromatic carbocycles. The van der Waals surface area contributed by atoms with E-state index in [4.69, 9.17) is 0 Å². The molecule has 0 heterocycles. The van der Waals surface area contributed by atoms with Gasteiger partial charge in [-0.3, -0.25) is 0 Å². The van der Waals surface area contributed by atoms with Crippen molar-refractivity contribution in [2.45, 2.75) is 0 Å². The molecule has 0 aliphatic heterocycles. The van der Waals surface area contributed by atoms with Crippen LogP contribution in [-0.2, 0) is 0 Å². The molecule has 4 heteroatoms. The van der Waals surface area contributed by atoms with Gasteiger partial charge in [-0.05, 0) is 0 Å². The van der Waals surface area contributed by atoms with Crippen molar-refractivity contribution in [3.63, 3.8) is 0 Å². The summed E-state index contributed by atoms with van der Waals surface area (Å²) in [4.78, 5) is 0. The lowest BCUT2D eigenvalue weighted by molar-refractivity contribution is 5.85. The van der Waals surface area contributed by atoms with Gasteiger partial charge in [-0.1, -0.05) is 0 Å². The fourth-order valence-corrected chi connectivity index (χ4v) is 0. The maximum Gasteiger partial charge on any atom is -0.107 e. The molecule has 0 nitrogen and oxygen atoms in total. The Labute approximate surface area is 76.3 Å². The maximum absolute atomic E-state index is 0. The molecule has 0 aliphatic carbocycles. The van der Waals surface area contributed by atoms with Gasteiger partial charge in [-0.25, -0.2) is 0 Å². The summed E-state index contributed by atoms with van der Waals surface area (Å²) < 4.78 is 0. The summed E-state index contributed by atoms with van der Waals surface area (Å²) in [7, 11) is 0. The summed E-state index contributed by atoms with van der Waals surface area (Å²) >= 11 is 0. The van der Waals surface area contributed by atoms with Gasteiger partial charge in [-0.2, -0.15) is 0 Å². The third-order valence-corrected chi connectivity index (χ3v) is 0. The summed E-state index contributed by atoms with van der Waals surface area (Å²) in [5.74, 6) is 0. The predicted octanol–water partition coefficient (Wildman–Crippen LogP) is 2.24. The van der Waals surface area contributed by atoms with Crippen molar-refractivity contribution in [2.75, 3.05) is 0 Å². The highest BCUT2D eigenvalue weighted by molar-refractivity contribution is 14.0. The van der Waals surface area contributed by atoms with Gasteiger partial charge in [0.2, 0.25) is 0 Å². The van der Waals surface area contributed by atoms with E-state index in [-0.39, 0.29) is 77.3 Å². The topological polar surface area (TPSA) is 0 Å². The third kappa shape index (κ3) is 8.87. The first-order valence-corrected chi connectivity index (χ1v) is 0. The summed E-state index contributed by atoms with van der Waals surface area (Å²) in [6.07, 6.45) is 0. The van der Waals surface area contributed by atoms with E-state index in [0.29, 0.717) is 0 Å². The average molecular weight is 373 g/mol. The van der Waals surface area contributed by atoms with Crippen LogP contribution in [0.3, 0.4) is 0 Å². The Balaban J connectivity index is 0. The first kappa shape index (κ1) is 34.3. The SMILES string of the molecule is Br.Cl.I.I. The van der Waals surface area contributed by atoms with Crippen LogP contribution in [0.2, 0.25) is 0 Å². The normalized spacial score (nSPS) is 0. The van der Waals surface area contributed by atoms with Crippen LogP contribution in [0.5, 0.6) is 0 Å². The molecule has 0 fully saturated rings. The molecule has 0 unspecified atom stereocenters. The molecule has 0 aromatic rings. The molecule has 0 radical (unpaired) electrons. The van der Waals surface area contributed by atoms with E-state index in [0.717, 1.165) is 0 Å². The number of hydrogen-bond acceptors (Lipinski definition) is 0. The molecule has 0 rings (SSSR count). The number of halogens is 4. The summed E-state index contributed by atoms with van der Waals surface area (Å²) in [6, 6.07) is 0. The minimum Gasteiger partial charge on any atom is -0.147 e. The van der Waals surface area contributed by atoms with Crippen molar-refractivity contribution < 1.29 is 0 Å². The molecule has 0 atom stereocenters. The molecule has 0 amide bonds. The van der Waals surface area contributed by atoms with Crippen LogP contribution in [0.1, 0.15) is 0 Å². The predicted molar refractivity (Wildman–Crippen MR) is 48.4 cm³/mol. The zero-order chi connectivity index (χ0) is 0. The van der Waals surface area contributed by atoms with Crippen LogP contribution in [0.25, 0.3) is 0 Å². The smallest absolute Gasteiger partial charge is 0.107 e. The molecule has 0 aliphatic rings. The Morgan fingerprint density at radius 3 is 0.750 bits per heavy atom. The van der Waals surface area contributed by atoms with Gasteiger partial charge >= 0.3 is 0 Å². The summed E-state index contributed by atoms with van der Waals surface area (Å²) in [5, 5.41) is 0. The fourth-order valence-electron chi connectivity index (χ4n) is 0. The maximum atomic E-state index is 0. The average Bonchev–Trinajstić information content (AvgIpc) is 0. The van der Waals surface area contributed by atoms with Crippen molar-refractivity contribution in [2.24, 2.45) is 0 Å². The van der Waals surface area contributed by atoms with Crippen molar-refractivity contribution in [3.8, 4) is 0 Å². The van der Waals surface area contributed by atoms with Gasteiger partial charge in [0.05, 0.1) is 0 Å². The van der Waals surface area contributed by atoms with Crippen molar-refractivity contribution in [1.82, 2.24) is 0 Å². The van der Waals surface area contributed by atoms with E-state index in [2.05, 4.69) is 0 Å². The molecule has 0 saturated heterocycles. The van der Waals surface area contributed by atoms with E-state index >= 15 is 0 Å². The first-order valence-electron chi connectivity index (χ1n) is 0. The lowest BCUT2D eigenvalue weighted by Crippen LogP contribution is 0.689. The number of rotatable bonds is 0. The lowest BCUT2D eigenvalue weighted by atomic mass is 35.5. The monoisotopic (exact) mass is 372 g/mol. The zero-order valence-corrected chi connectivity index (χ0v) is 8.82.